The monoisotopic (exact) mass is 555 g/mol. The molecule has 1 aliphatic rings. The summed E-state index contributed by atoms with van der Waals surface area (Å²) in [5, 5.41) is 3.17. The van der Waals surface area contributed by atoms with E-state index in [0.717, 1.165) is 5.56 Å². The molecule has 1 unspecified atom stereocenters. The minimum absolute atomic E-state index is 0.00122. The molecule has 2 atom stereocenters. The van der Waals surface area contributed by atoms with Crippen LogP contribution in [0.5, 0.6) is 5.88 Å². The molecule has 14 heteroatoms. The Morgan fingerprint density at radius 1 is 1.18 bits per heavy atom. The van der Waals surface area contributed by atoms with Gasteiger partial charge in [-0.2, -0.15) is 4.31 Å². The van der Waals surface area contributed by atoms with E-state index in [9.17, 15) is 12.8 Å². The Morgan fingerprint density at radius 3 is 2.67 bits per heavy atom. The second kappa shape index (κ2) is 10.4. The number of imidazole rings is 1. The fraction of sp³-hybridized carbons (Fsp3) is 0.400. The average molecular weight is 556 g/mol. The Morgan fingerprint density at radius 2 is 1.97 bits per heavy atom. The summed E-state index contributed by atoms with van der Waals surface area (Å²) in [6.07, 6.45) is 6.02. The molecule has 4 aromatic heterocycles. The van der Waals surface area contributed by atoms with Crippen LogP contribution in [0.4, 0.5) is 15.9 Å². The van der Waals surface area contributed by atoms with E-state index in [4.69, 9.17) is 14.7 Å². The molecular formula is C25H30FN9O3S. The van der Waals surface area contributed by atoms with Crippen molar-refractivity contribution in [3.05, 3.63) is 48.1 Å². The van der Waals surface area contributed by atoms with Crippen molar-refractivity contribution in [2.24, 2.45) is 0 Å². The molecule has 0 amide bonds. The Hall–Kier alpha value is -3.75. The zero-order valence-corrected chi connectivity index (χ0v) is 23.1. The van der Waals surface area contributed by atoms with Gasteiger partial charge in [0.2, 0.25) is 15.9 Å². The first-order chi connectivity index (χ1) is 18.5. The Labute approximate surface area is 225 Å². The summed E-state index contributed by atoms with van der Waals surface area (Å²) in [6, 6.07) is 3.21. The number of nitrogens with zero attached hydrogens (tertiary/aromatic N) is 7. The normalized spacial score (nSPS) is 17.8. The summed E-state index contributed by atoms with van der Waals surface area (Å²) in [7, 11) is -1.90. The van der Waals surface area contributed by atoms with Gasteiger partial charge in [0, 0.05) is 49.5 Å². The second-order valence-corrected chi connectivity index (χ2v) is 11.6. The number of ether oxygens (including phenoxy) is 1. The molecule has 206 valence electrons. The first kappa shape index (κ1) is 26.8. The van der Waals surface area contributed by atoms with E-state index < -0.39 is 15.8 Å². The van der Waals surface area contributed by atoms with Crippen molar-refractivity contribution in [2.45, 2.75) is 32.9 Å². The topological polar surface area (TPSA) is 142 Å². The minimum atomic E-state index is -3.25. The number of nitrogens with one attached hydrogen (secondary N) is 2. The van der Waals surface area contributed by atoms with Gasteiger partial charge in [-0.25, -0.2) is 37.7 Å². The van der Waals surface area contributed by atoms with Crippen molar-refractivity contribution in [1.82, 2.24) is 39.1 Å². The standard InChI is InChI=1S/C25H30FN9O3S/c1-14-12-34(39(5,36)37)6-7-35(14)15(2)17-8-19(21-22-24(30-13-29-22)32-16(3)31-21)23(27-10-17)33-18-9-20(26)25(38-4)28-11-18/h8-11,13-15H,6-7,12H2,1-5H3,(H,27,33)(H,29,30,31,32)/t14?,15-/m0/s1. The number of anilines is 2. The number of aromatic nitrogens is 6. The summed E-state index contributed by atoms with van der Waals surface area (Å²) < 4.78 is 45.0. The maximum absolute atomic E-state index is 14.4. The van der Waals surface area contributed by atoms with Gasteiger partial charge in [-0.3, -0.25) is 4.90 Å². The van der Waals surface area contributed by atoms with Crippen LogP contribution in [0.15, 0.2) is 30.9 Å². The number of aromatic amines is 1. The smallest absolute Gasteiger partial charge is 0.250 e. The van der Waals surface area contributed by atoms with E-state index in [2.05, 4.69) is 37.1 Å². The summed E-state index contributed by atoms with van der Waals surface area (Å²) in [6.45, 7) is 7.29. The molecular weight excluding hydrogens is 525 g/mol. The van der Waals surface area contributed by atoms with E-state index in [0.29, 0.717) is 59.4 Å². The number of halogens is 1. The van der Waals surface area contributed by atoms with E-state index in [1.165, 1.54) is 29.9 Å². The van der Waals surface area contributed by atoms with Crippen LogP contribution in [0, 0.1) is 12.7 Å². The van der Waals surface area contributed by atoms with Crippen LogP contribution in [0.1, 0.15) is 31.3 Å². The molecule has 1 saturated heterocycles. The van der Waals surface area contributed by atoms with Crippen LogP contribution in [0.2, 0.25) is 0 Å². The molecule has 0 saturated carbocycles. The Balaban J connectivity index is 1.55. The first-order valence-corrected chi connectivity index (χ1v) is 14.3. The van der Waals surface area contributed by atoms with Crippen LogP contribution in [0.25, 0.3) is 22.4 Å². The van der Waals surface area contributed by atoms with Crippen LogP contribution < -0.4 is 10.1 Å². The lowest BCUT2D eigenvalue weighted by atomic mass is 10.0. The van der Waals surface area contributed by atoms with Gasteiger partial charge in [0.25, 0.3) is 0 Å². The maximum atomic E-state index is 14.4. The fourth-order valence-corrected chi connectivity index (χ4v) is 5.81. The number of H-pyrrole nitrogens is 1. The average Bonchev–Trinajstić information content (AvgIpc) is 3.36. The van der Waals surface area contributed by atoms with Crippen molar-refractivity contribution in [3.8, 4) is 17.1 Å². The molecule has 1 aliphatic heterocycles. The maximum Gasteiger partial charge on any atom is 0.250 e. The van der Waals surface area contributed by atoms with E-state index in [-0.39, 0.29) is 18.0 Å². The number of hydrogen-bond acceptors (Lipinski definition) is 10. The molecule has 2 N–H and O–H groups in total. The van der Waals surface area contributed by atoms with Gasteiger partial charge in [-0.15, -0.1) is 0 Å². The second-order valence-electron chi connectivity index (χ2n) is 9.61. The van der Waals surface area contributed by atoms with Gasteiger partial charge < -0.3 is 15.0 Å². The van der Waals surface area contributed by atoms with E-state index in [1.807, 2.05) is 13.0 Å². The number of hydrogen-bond donors (Lipinski definition) is 2. The molecule has 0 radical (unpaired) electrons. The number of aryl methyl sites for hydroxylation is 1. The highest BCUT2D eigenvalue weighted by molar-refractivity contribution is 7.88. The van der Waals surface area contributed by atoms with E-state index in [1.54, 1.807) is 19.4 Å². The number of piperazine rings is 1. The highest BCUT2D eigenvalue weighted by Gasteiger charge is 2.32. The van der Waals surface area contributed by atoms with Crippen molar-refractivity contribution in [1.29, 1.82) is 0 Å². The van der Waals surface area contributed by atoms with Crippen LogP contribution in [-0.2, 0) is 10.0 Å². The third-order valence-electron chi connectivity index (χ3n) is 6.92. The molecule has 4 aromatic rings. The van der Waals surface area contributed by atoms with Crippen LogP contribution in [0.3, 0.4) is 0 Å². The lowest BCUT2D eigenvalue weighted by molar-refractivity contribution is 0.0906. The van der Waals surface area contributed by atoms with Crippen molar-refractivity contribution in [3.63, 3.8) is 0 Å². The van der Waals surface area contributed by atoms with Gasteiger partial charge in [0.1, 0.15) is 22.9 Å². The Bertz CT molecular complexity index is 1630. The summed E-state index contributed by atoms with van der Waals surface area (Å²) in [5.41, 5.74) is 3.72. The summed E-state index contributed by atoms with van der Waals surface area (Å²) in [5.74, 6) is 0.275. The van der Waals surface area contributed by atoms with Crippen LogP contribution in [-0.4, -0.2) is 86.6 Å². The molecule has 0 spiro atoms. The predicted molar refractivity (Wildman–Crippen MR) is 145 cm³/mol. The van der Waals surface area contributed by atoms with E-state index >= 15 is 0 Å². The highest BCUT2D eigenvalue weighted by atomic mass is 32.2. The van der Waals surface area contributed by atoms with Crippen LogP contribution >= 0.6 is 0 Å². The quantitative estimate of drug-likeness (QED) is 0.349. The molecule has 5 heterocycles. The van der Waals surface area contributed by atoms with Gasteiger partial charge in [0.15, 0.2) is 11.5 Å². The SMILES string of the molecule is COc1ncc(Nc2ncc([C@H](C)N3CCN(S(C)(=O)=O)CC3C)cc2-c2nc(C)nc3nc[nH]c23)cc1F. The lowest BCUT2D eigenvalue weighted by Gasteiger charge is -2.42. The minimum Gasteiger partial charge on any atom is -0.479 e. The van der Waals surface area contributed by atoms with Gasteiger partial charge in [-0.1, -0.05) is 0 Å². The zero-order valence-electron chi connectivity index (χ0n) is 22.3. The zero-order chi connectivity index (χ0) is 27.9. The lowest BCUT2D eigenvalue weighted by Crippen LogP contribution is -2.53. The number of fused-ring (bicyclic) bond motifs is 1. The van der Waals surface area contributed by atoms with Crippen molar-refractivity contribution < 1.29 is 17.5 Å². The molecule has 0 aromatic carbocycles. The fourth-order valence-electron chi connectivity index (χ4n) is 4.91. The van der Waals surface area contributed by atoms with Gasteiger partial charge >= 0.3 is 0 Å². The number of sulfonamides is 1. The third-order valence-corrected chi connectivity index (χ3v) is 8.19. The van der Waals surface area contributed by atoms with Gasteiger partial charge in [-0.05, 0) is 32.4 Å². The number of methoxy groups -OCH3 is 1. The Kier molecular flexibility index (Phi) is 7.18. The first-order valence-electron chi connectivity index (χ1n) is 12.4. The molecule has 0 aliphatic carbocycles. The van der Waals surface area contributed by atoms with Crippen molar-refractivity contribution in [2.75, 3.05) is 38.3 Å². The largest absolute Gasteiger partial charge is 0.479 e. The van der Waals surface area contributed by atoms with Gasteiger partial charge in [0.05, 0.1) is 31.6 Å². The molecule has 39 heavy (non-hydrogen) atoms. The van der Waals surface area contributed by atoms with Crippen molar-refractivity contribution >= 4 is 32.7 Å². The molecule has 1 fully saturated rings. The number of pyridine rings is 2. The highest BCUT2D eigenvalue weighted by Crippen LogP contribution is 2.35. The summed E-state index contributed by atoms with van der Waals surface area (Å²) in [4.78, 5) is 27.5. The summed E-state index contributed by atoms with van der Waals surface area (Å²) >= 11 is 0. The molecule has 5 rings (SSSR count). The molecule has 0 bridgehead atoms. The number of rotatable bonds is 7. The third kappa shape index (κ3) is 5.40. The molecule has 12 nitrogen and oxygen atoms in total. The predicted octanol–water partition coefficient (Wildman–Crippen LogP) is 3.04.